The normalized spacial score (nSPS) is 10.1. The minimum Gasteiger partial charge on any atom is -0.467 e. The monoisotopic (exact) mass is 276 g/mol. The molecular formula is C14H16N2O2S. The number of furan rings is 2. The minimum atomic E-state index is 0.594. The molecule has 0 spiro atoms. The molecule has 2 heterocycles. The lowest BCUT2D eigenvalue weighted by atomic mass is 10.3. The van der Waals surface area contributed by atoms with Crippen LogP contribution in [0.2, 0.25) is 0 Å². The van der Waals surface area contributed by atoms with E-state index in [4.69, 9.17) is 21.1 Å². The van der Waals surface area contributed by atoms with Crippen molar-refractivity contribution >= 4 is 17.3 Å². The molecule has 0 amide bonds. The van der Waals surface area contributed by atoms with E-state index in [2.05, 4.69) is 11.9 Å². The van der Waals surface area contributed by atoms with Crippen LogP contribution in [0.4, 0.5) is 0 Å². The predicted octanol–water partition coefficient (Wildman–Crippen LogP) is 2.94. The van der Waals surface area contributed by atoms with Crippen molar-refractivity contribution in [2.45, 2.75) is 13.1 Å². The summed E-state index contributed by atoms with van der Waals surface area (Å²) >= 11 is 5.37. The van der Waals surface area contributed by atoms with Gasteiger partial charge in [-0.25, -0.2) is 0 Å². The fourth-order valence-electron chi connectivity index (χ4n) is 1.65. The summed E-state index contributed by atoms with van der Waals surface area (Å²) in [5.41, 5.74) is 0. The quantitative estimate of drug-likeness (QED) is 0.649. The van der Waals surface area contributed by atoms with Crippen LogP contribution in [-0.2, 0) is 13.1 Å². The van der Waals surface area contributed by atoms with Gasteiger partial charge in [0.2, 0.25) is 0 Å². The second-order valence-electron chi connectivity index (χ2n) is 3.99. The Labute approximate surface area is 117 Å². The third-order valence-electron chi connectivity index (χ3n) is 2.54. The molecular weight excluding hydrogens is 260 g/mol. The van der Waals surface area contributed by atoms with Crippen LogP contribution in [0.5, 0.6) is 0 Å². The van der Waals surface area contributed by atoms with Crippen molar-refractivity contribution < 1.29 is 8.83 Å². The molecule has 0 aliphatic rings. The third kappa shape index (κ3) is 3.99. The maximum absolute atomic E-state index is 5.37. The zero-order valence-corrected chi connectivity index (χ0v) is 11.4. The summed E-state index contributed by atoms with van der Waals surface area (Å²) in [6, 6.07) is 7.57. The Kier molecular flexibility index (Phi) is 4.80. The first-order valence-electron chi connectivity index (χ1n) is 5.98. The SMILES string of the molecule is C=CCNC(=S)N(Cc1ccco1)Cc1ccco1. The van der Waals surface area contributed by atoms with Crippen LogP contribution < -0.4 is 5.32 Å². The van der Waals surface area contributed by atoms with Gasteiger partial charge in [0, 0.05) is 6.54 Å². The molecule has 0 aliphatic carbocycles. The summed E-state index contributed by atoms with van der Waals surface area (Å²) in [6.07, 6.45) is 5.07. The predicted molar refractivity (Wildman–Crippen MR) is 77.5 cm³/mol. The van der Waals surface area contributed by atoms with Gasteiger partial charge in [0.05, 0.1) is 25.6 Å². The fourth-order valence-corrected chi connectivity index (χ4v) is 1.86. The van der Waals surface area contributed by atoms with Crippen LogP contribution in [0, 0.1) is 0 Å². The smallest absolute Gasteiger partial charge is 0.170 e. The average molecular weight is 276 g/mol. The van der Waals surface area contributed by atoms with Crippen LogP contribution >= 0.6 is 12.2 Å². The highest BCUT2D eigenvalue weighted by molar-refractivity contribution is 7.80. The molecule has 1 N–H and O–H groups in total. The molecule has 0 aromatic carbocycles. The molecule has 0 unspecified atom stereocenters. The third-order valence-corrected chi connectivity index (χ3v) is 2.94. The lowest BCUT2D eigenvalue weighted by molar-refractivity contribution is 0.322. The van der Waals surface area contributed by atoms with E-state index in [1.54, 1.807) is 18.6 Å². The Bertz CT molecular complexity index is 469. The van der Waals surface area contributed by atoms with Crippen LogP contribution in [0.25, 0.3) is 0 Å². The van der Waals surface area contributed by atoms with Gasteiger partial charge in [0.25, 0.3) is 0 Å². The summed E-state index contributed by atoms with van der Waals surface area (Å²) in [7, 11) is 0. The van der Waals surface area contributed by atoms with Gasteiger partial charge >= 0.3 is 0 Å². The van der Waals surface area contributed by atoms with Gasteiger partial charge in [-0.15, -0.1) is 6.58 Å². The molecule has 0 bridgehead atoms. The molecule has 100 valence electrons. The van der Waals surface area contributed by atoms with E-state index < -0.39 is 0 Å². The molecule has 2 rings (SSSR count). The zero-order valence-electron chi connectivity index (χ0n) is 10.5. The molecule has 0 fully saturated rings. The van der Waals surface area contributed by atoms with E-state index in [1.165, 1.54) is 0 Å². The molecule has 0 aliphatic heterocycles. The fraction of sp³-hybridized carbons (Fsp3) is 0.214. The molecule has 19 heavy (non-hydrogen) atoms. The van der Waals surface area contributed by atoms with E-state index in [9.17, 15) is 0 Å². The second-order valence-corrected chi connectivity index (χ2v) is 4.38. The highest BCUT2D eigenvalue weighted by atomic mass is 32.1. The Balaban J connectivity index is 2.03. The van der Waals surface area contributed by atoms with Gasteiger partial charge in [0.1, 0.15) is 11.5 Å². The van der Waals surface area contributed by atoms with Gasteiger partial charge < -0.3 is 19.1 Å². The molecule has 0 atom stereocenters. The van der Waals surface area contributed by atoms with Crippen LogP contribution in [-0.4, -0.2) is 16.6 Å². The van der Waals surface area contributed by atoms with E-state index in [1.807, 2.05) is 29.2 Å². The zero-order chi connectivity index (χ0) is 13.5. The first-order valence-corrected chi connectivity index (χ1v) is 6.39. The molecule has 4 nitrogen and oxygen atoms in total. The summed E-state index contributed by atoms with van der Waals surface area (Å²) in [4.78, 5) is 1.98. The van der Waals surface area contributed by atoms with E-state index in [-0.39, 0.29) is 0 Å². The minimum absolute atomic E-state index is 0.594. The first-order chi connectivity index (χ1) is 9.29. The van der Waals surface area contributed by atoms with Crippen molar-refractivity contribution in [3.05, 3.63) is 61.0 Å². The second kappa shape index (κ2) is 6.80. The number of nitrogens with zero attached hydrogens (tertiary/aromatic N) is 1. The summed E-state index contributed by atoms with van der Waals surface area (Å²) in [5, 5.41) is 3.76. The molecule has 0 saturated carbocycles. The van der Waals surface area contributed by atoms with Gasteiger partial charge in [0.15, 0.2) is 5.11 Å². The highest BCUT2D eigenvalue weighted by Crippen LogP contribution is 2.11. The van der Waals surface area contributed by atoms with Crippen molar-refractivity contribution in [1.29, 1.82) is 0 Å². The lowest BCUT2D eigenvalue weighted by Crippen LogP contribution is -2.38. The number of rotatable bonds is 6. The molecule has 2 aromatic heterocycles. The summed E-state index contributed by atoms with van der Waals surface area (Å²) in [5.74, 6) is 1.71. The van der Waals surface area contributed by atoms with Crippen molar-refractivity contribution in [3.8, 4) is 0 Å². The lowest BCUT2D eigenvalue weighted by Gasteiger charge is -2.23. The molecule has 0 saturated heterocycles. The maximum Gasteiger partial charge on any atom is 0.170 e. The maximum atomic E-state index is 5.37. The van der Waals surface area contributed by atoms with Gasteiger partial charge in [-0.1, -0.05) is 6.08 Å². The Morgan fingerprint density at radius 1 is 1.21 bits per heavy atom. The Morgan fingerprint density at radius 2 is 1.79 bits per heavy atom. The average Bonchev–Trinajstić information content (AvgIpc) is 3.08. The molecule has 5 heteroatoms. The van der Waals surface area contributed by atoms with E-state index >= 15 is 0 Å². The standard InChI is InChI=1S/C14H16N2O2S/c1-2-7-15-14(19)16(10-12-5-3-8-17-12)11-13-6-4-9-18-13/h2-6,8-9H,1,7,10-11H2,(H,15,19). The van der Waals surface area contributed by atoms with E-state index in [0.717, 1.165) is 11.5 Å². The topological polar surface area (TPSA) is 41.5 Å². The number of nitrogens with one attached hydrogen (secondary N) is 1. The van der Waals surface area contributed by atoms with Crippen LogP contribution in [0.15, 0.2) is 58.3 Å². The highest BCUT2D eigenvalue weighted by Gasteiger charge is 2.13. The van der Waals surface area contributed by atoms with E-state index in [0.29, 0.717) is 24.7 Å². The Morgan fingerprint density at radius 3 is 2.21 bits per heavy atom. The van der Waals surface area contributed by atoms with Gasteiger partial charge in [-0.2, -0.15) is 0 Å². The van der Waals surface area contributed by atoms with Crippen molar-refractivity contribution in [1.82, 2.24) is 10.2 Å². The van der Waals surface area contributed by atoms with Gasteiger partial charge in [-0.05, 0) is 36.5 Å². The van der Waals surface area contributed by atoms with Gasteiger partial charge in [-0.3, -0.25) is 0 Å². The van der Waals surface area contributed by atoms with Crippen LogP contribution in [0.3, 0.4) is 0 Å². The number of thiocarbonyl (C=S) groups is 1. The van der Waals surface area contributed by atoms with Crippen molar-refractivity contribution in [2.24, 2.45) is 0 Å². The Hall–Kier alpha value is -2.01. The summed E-state index contributed by atoms with van der Waals surface area (Å²) in [6.45, 7) is 5.48. The molecule has 2 aromatic rings. The van der Waals surface area contributed by atoms with Crippen molar-refractivity contribution in [3.63, 3.8) is 0 Å². The number of hydrogen-bond donors (Lipinski definition) is 1. The summed E-state index contributed by atoms with van der Waals surface area (Å²) < 4.78 is 10.7. The van der Waals surface area contributed by atoms with Crippen molar-refractivity contribution in [2.75, 3.05) is 6.54 Å². The largest absolute Gasteiger partial charge is 0.467 e. The molecule has 0 radical (unpaired) electrons. The first kappa shape index (κ1) is 13.4. The number of hydrogen-bond acceptors (Lipinski definition) is 3. The van der Waals surface area contributed by atoms with Crippen LogP contribution in [0.1, 0.15) is 11.5 Å².